The summed E-state index contributed by atoms with van der Waals surface area (Å²) in [4.78, 5) is 2.39. The van der Waals surface area contributed by atoms with Gasteiger partial charge >= 0.3 is 0 Å². The maximum Gasteiger partial charge on any atom is 0.255 e. The number of rotatable bonds is 2. The van der Waals surface area contributed by atoms with Gasteiger partial charge in [-0.25, -0.2) is 0 Å². The second kappa shape index (κ2) is 5.63. The van der Waals surface area contributed by atoms with Gasteiger partial charge in [0.1, 0.15) is 5.75 Å². The van der Waals surface area contributed by atoms with Gasteiger partial charge in [0.05, 0.1) is 15.1 Å². The first-order valence-corrected chi connectivity index (χ1v) is 5.97. The molecule has 0 spiro atoms. The molecule has 2 nitrogen and oxygen atoms in total. The van der Waals surface area contributed by atoms with Crippen LogP contribution >= 0.6 is 34.8 Å². The van der Waals surface area contributed by atoms with Crippen molar-refractivity contribution >= 4 is 34.8 Å². The van der Waals surface area contributed by atoms with Gasteiger partial charge in [0, 0.05) is 6.07 Å². The van der Waals surface area contributed by atoms with E-state index in [2.05, 4.69) is 4.98 Å². The number of aromatic nitrogens is 1. The molecule has 1 aromatic heterocycles. The molecule has 0 amide bonds. The third-order valence-corrected chi connectivity index (χ3v) is 3.16. The average Bonchev–Trinajstić information content (AvgIpc) is 2.38. The van der Waals surface area contributed by atoms with Crippen LogP contribution in [0, 0.1) is 23.5 Å². The largest absolute Gasteiger partial charge is 0.449 e. The number of hydrogen-bond donors (Lipinski definition) is 0. The molecule has 0 aliphatic carbocycles. The Labute approximate surface area is 124 Å². The van der Waals surface area contributed by atoms with Gasteiger partial charge in [0.15, 0.2) is 0 Å². The monoisotopic (exact) mass is 345 g/mol. The Balaban J connectivity index is 2.53. The van der Waals surface area contributed by atoms with Crippen molar-refractivity contribution in [1.29, 1.82) is 0 Å². The predicted molar refractivity (Wildman–Crippen MR) is 65.6 cm³/mol. The van der Waals surface area contributed by atoms with E-state index in [0.717, 1.165) is 12.1 Å². The van der Waals surface area contributed by atoms with E-state index >= 15 is 0 Å². The zero-order valence-corrected chi connectivity index (χ0v) is 11.4. The fourth-order valence-electron chi connectivity index (χ4n) is 1.25. The second-order valence-corrected chi connectivity index (χ2v) is 4.67. The zero-order chi connectivity index (χ0) is 15.0. The lowest BCUT2D eigenvalue weighted by atomic mass is 10.3. The summed E-state index contributed by atoms with van der Waals surface area (Å²) in [6.07, 6.45) is 0. The Kier molecular flexibility index (Phi) is 4.27. The predicted octanol–water partition coefficient (Wildman–Crippen LogP) is 5.39. The summed E-state index contributed by atoms with van der Waals surface area (Å²) in [6.45, 7) is 0. The number of ether oxygens (including phenoxy) is 1. The van der Waals surface area contributed by atoms with Crippen LogP contribution in [0.4, 0.5) is 17.6 Å². The first kappa shape index (κ1) is 15.2. The summed E-state index contributed by atoms with van der Waals surface area (Å²) in [6, 6.07) is 2.19. The number of pyridine rings is 1. The maximum atomic E-state index is 13.4. The van der Waals surface area contributed by atoms with Crippen molar-refractivity contribution in [3.8, 4) is 11.5 Å². The Morgan fingerprint density at radius 1 is 0.800 bits per heavy atom. The lowest BCUT2D eigenvalue weighted by molar-refractivity contribution is 0.343. The maximum absolute atomic E-state index is 13.4. The van der Waals surface area contributed by atoms with Gasteiger partial charge in [-0.3, -0.25) is 0 Å². The molecule has 9 heteroatoms. The minimum atomic E-state index is -1.85. The molecular weight excluding hydrogens is 344 g/mol. The molecule has 0 saturated carbocycles. The van der Waals surface area contributed by atoms with Crippen molar-refractivity contribution in [3.63, 3.8) is 0 Å². The van der Waals surface area contributed by atoms with Crippen molar-refractivity contribution < 1.29 is 22.3 Å². The van der Waals surface area contributed by atoms with Gasteiger partial charge < -0.3 is 4.74 Å². The van der Waals surface area contributed by atoms with Crippen LogP contribution in [-0.4, -0.2) is 4.98 Å². The molecule has 2 rings (SSSR count). The molecule has 1 heterocycles. The highest BCUT2D eigenvalue weighted by Gasteiger charge is 2.23. The van der Waals surface area contributed by atoms with Gasteiger partial charge in [-0.2, -0.15) is 22.5 Å². The average molecular weight is 346 g/mol. The van der Waals surface area contributed by atoms with Crippen molar-refractivity contribution in [2.75, 3.05) is 0 Å². The van der Waals surface area contributed by atoms with Gasteiger partial charge in [-0.05, 0) is 6.07 Å². The van der Waals surface area contributed by atoms with Crippen molar-refractivity contribution in [2.24, 2.45) is 0 Å². The van der Waals surface area contributed by atoms with E-state index in [1.165, 1.54) is 0 Å². The van der Waals surface area contributed by atoms with Crippen LogP contribution in [0.1, 0.15) is 0 Å². The molecule has 0 fully saturated rings. The van der Waals surface area contributed by atoms with Crippen LogP contribution < -0.4 is 4.74 Å². The van der Waals surface area contributed by atoms with Crippen LogP contribution in [0.25, 0.3) is 0 Å². The molecular formula is C11H2Cl3F4NO. The highest BCUT2D eigenvalue weighted by molar-refractivity contribution is 6.43. The first-order chi connectivity index (χ1) is 9.31. The second-order valence-electron chi connectivity index (χ2n) is 3.45. The minimum Gasteiger partial charge on any atom is -0.449 e. The van der Waals surface area contributed by atoms with Crippen LogP contribution in [0.2, 0.25) is 15.1 Å². The van der Waals surface area contributed by atoms with E-state index in [0.29, 0.717) is 0 Å². The van der Waals surface area contributed by atoms with E-state index in [1.807, 2.05) is 0 Å². The summed E-state index contributed by atoms with van der Waals surface area (Å²) in [5.74, 6) is -8.96. The highest BCUT2D eigenvalue weighted by Crippen LogP contribution is 2.38. The lowest BCUT2D eigenvalue weighted by Crippen LogP contribution is -2.03. The first-order valence-electron chi connectivity index (χ1n) is 4.83. The molecule has 20 heavy (non-hydrogen) atoms. The smallest absolute Gasteiger partial charge is 0.255 e. The fourth-order valence-corrected chi connectivity index (χ4v) is 1.83. The molecule has 0 aliphatic rings. The van der Waals surface area contributed by atoms with Crippen LogP contribution in [0.15, 0.2) is 12.1 Å². The Bertz CT molecular complexity index is 670. The molecule has 0 radical (unpaired) electrons. The SMILES string of the molecule is Fc1nc(F)c(F)c(Oc2cc(Cl)c(Cl)cc2Cl)c1F. The molecule has 0 saturated heterocycles. The Morgan fingerprint density at radius 3 is 1.85 bits per heavy atom. The summed E-state index contributed by atoms with van der Waals surface area (Å²) in [7, 11) is 0. The summed E-state index contributed by atoms with van der Waals surface area (Å²) < 4.78 is 57.3. The standard InChI is InChI=1S/C11H2Cl3F4NO/c12-3-1-5(14)6(2-4(3)13)20-9-7(15)10(17)19-11(18)8(9)16/h1-2H. The summed E-state index contributed by atoms with van der Waals surface area (Å²) in [5, 5.41) is -0.116. The fraction of sp³-hybridized carbons (Fsp3) is 0. The van der Waals surface area contributed by atoms with E-state index in [9.17, 15) is 17.6 Å². The molecule has 0 aliphatic heterocycles. The Morgan fingerprint density at radius 2 is 1.30 bits per heavy atom. The minimum absolute atomic E-state index is 0.0260. The van der Waals surface area contributed by atoms with Crippen LogP contribution in [0.5, 0.6) is 11.5 Å². The normalized spacial score (nSPS) is 10.8. The third kappa shape index (κ3) is 2.77. The molecule has 106 valence electrons. The van der Waals surface area contributed by atoms with E-state index in [4.69, 9.17) is 39.5 Å². The van der Waals surface area contributed by atoms with E-state index in [-0.39, 0.29) is 20.8 Å². The lowest BCUT2D eigenvalue weighted by Gasteiger charge is -2.10. The zero-order valence-electron chi connectivity index (χ0n) is 9.16. The quantitative estimate of drug-likeness (QED) is 0.413. The number of halogens is 7. The van der Waals surface area contributed by atoms with Crippen molar-refractivity contribution in [1.82, 2.24) is 4.98 Å². The number of benzene rings is 1. The molecule has 0 unspecified atom stereocenters. The van der Waals surface area contributed by atoms with Crippen molar-refractivity contribution in [2.45, 2.75) is 0 Å². The van der Waals surface area contributed by atoms with Gasteiger partial charge in [0.25, 0.3) is 11.9 Å². The van der Waals surface area contributed by atoms with Crippen LogP contribution in [-0.2, 0) is 0 Å². The Hall–Kier alpha value is -1.24. The van der Waals surface area contributed by atoms with Gasteiger partial charge in [0.2, 0.25) is 17.4 Å². The van der Waals surface area contributed by atoms with Crippen molar-refractivity contribution in [3.05, 3.63) is 50.7 Å². The summed E-state index contributed by atoms with van der Waals surface area (Å²) in [5.41, 5.74) is 0. The number of nitrogens with zero attached hydrogens (tertiary/aromatic N) is 1. The summed E-state index contributed by atoms with van der Waals surface area (Å²) >= 11 is 17.0. The van der Waals surface area contributed by atoms with E-state index < -0.39 is 29.3 Å². The molecule has 0 N–H and O–H groups in total. The number of hydrogen-bond acceptors (Lipinski definition) is 2. The molecule has 1 aromatic carbocycles. The van der Waals surface area contributed by atoms with Crippen LogP contribution in [0.3, 0.4) is 0 Å². The highest BCUT2D eigenvalue weighted by atomic mass is 35.5. The molecule has 2 aromatic rings. The molecule has 0 atom stereocenters. The van der Waals surface area contributed by atoms with Gasteiger partial charge in [-0.1, -0.05) is 34.8 Å². The topological polar surface area (TPSA) is 22.1 Å². The van der Waals surface area contributed by atoms with E-state index in [1.54, 1.807) is 0 Å². The molecule has 0 bridgehead atoms. The van der Waals surface area contributed by atoms with Gasteiger partial charge in [-0.15, -0.1) is 0 Å². The third-order valence-electron chi connectivity index (χ3n) is 2.14.